The highest BCUT2D eigenvalue weighted by Gasteiger charge is 2.30. The second-order valence-corrected chi connectivity index (χ2v) is 7.73. The van der Waals surface area contributed by atoms with Crippen LogP contribution >= 0.6 is 23.2 Å². The van der Waals surface area contributed by atoms with Gasteiger partial charge in [-0.3, -0.25) is 9.36 Å². The quantitative estimate of drug-likeness (QED) is 0.856. The molecule has 2 aromatic rings. The topological polar surface area (TPSA) is 73.4 Å². The van der Waals surface area contributed by atoms with Gasteiger partial charge < -0.3 is 15.4 Å². The lowest BCUT2D eigenvalue weighted by atomic mass is 9.80. The summed E-state index contributed by atoms with van der Waals surface area (Å²) in [6.45, 7) is 4.35. The van der Waals surface area contributed by atoms with Gasteiger partial charge in [-0.05, 0) is 36.9 Å². The Bertz CT molecular complexity index is 861. The normalized spacial score (nSPS) is 16.6. The van der Waals surface area contributed by atoms with Crippen molar-refractivity contribution in [3.05, 3.63) is 44.8 Å². The molecule has 0 unspecified atom stereocenters. The average Bonchev–Trinajstić information content (AvgIpc) is 2.64. The van der Waals surface area contributed by atoms with Crippen LogP contribution in [0.4, 0.5) is 5.82 Å². The Morgan fingerprint density at radius 3 is 2.65 bits per heavy atom. The lowest BCUT2D eigenvalue weighted by molar-refractivity contribution is 0.257. The molecule has 0 spiro atoms. The zero-order valence-corrected chi connectivity index (χ0v) is 16.3. The summed E-state index contributed by atoms with van der Waals surface area (Å²) in [5, 5.41) is 0.679. The van der Waals surface area contributed by atoms with Gasteiger partial charge in [0.1, 0.15) is 10.8 Å². The first-order valence-electron chi connectivity index (χ1n) is 8.47. The summed E-state index contributed by atoms with van der Waals surface area (Å²) in [6, 6.07) is 5.08. The Hall–Kier alpha value is -1.76. The van der Waals surface area contributed by atoms with Crippen molar-refractivity contribution in [2.24, 2.45) is 18.2 Å². The molecule has 1 fully saturated rings. The largest absolute Gasteiger partial charge is 0.437 e. The number of anilines is 1. The summed E-state index contributed by atoms with van der Waals surface area (Å²) in [7, 11) is 1.65. The van der Waals surface area contributed by atoms with Crippen molar-refractivity contribution in [3.8, 4) is 11.6 Å². The number of piperidine rings is 1. The molecule has 26 heavy (non-hydrogen) atoms. The molecular formula is C18H22Cl2N4O2. The van der Waals surface area contributed by atoms with E-state index >= 15 is 0 Å². The number of nitrogens with zero attached hydrogens (tertiary/aromatic N) is 3. The molecule has 1 aliphatic heterocycles. The molecule has 1 aromatic carbocycles. The fourth-order valence-electron chi connectivity index (χ4n) is 2.96. The first-order chi connectivity index (χ1) is 12.3. The van der Waals surface area contributed by atoms with E-state index in [0.29, 0.717) is 34.0 Å². The number of benzene rings is 1. The molecule has 2 heterocycles. The van der Waals surface area contributed by atoms with Crippen molar-refractivity contribution in [2.45, 2.75) is 19.8 Å². The fraction of sp³-hybridized carbons (Fsp3) is 0.444. The highest BCUT2D eigenvalue weighted by Crippen LogP contribution is 2.34. The molecule has 140 valence electrons. The molecule has 0 radical (unpaired) electrons. The maximum absolute atomic E-state index is 12.8. The Kier molecular flexibility index (Phi) is 5.46. The molecule has 0 atom stereocenters. The van der Waals surface area contributed by atoms with E-state index in [0.717, 1.165) is 25.9 Å². The summed E-state index contributed by atoms with van der Waals surface area (Å²) in [4.78, 5) is 19.1. The lowest BCUT2D eigenvalue weighted by Crippen LogP contribution is -2.44. The van der Waals surface area contributed by atoms with E-state index in [4.69, 9.17) is 33.7 Å². The molecule has 2 N–H and O–H groups in total. The van der Waals surface area contributed by atoms with Crippen LogP contribution in [0.5, 0.6) is 11.6 Å². The van der Waals surface area contributed by atoms with E-state index < -0.39 is 0 Å². The first kappa shape index (κ1) is 19.0. The zero-order valence-electron chi connectivity index (χ0n) is 14.8. The monoisotopic (exact) mass is 396 g/mol. The second kappa shape index (κ2) is 7.47. The summed E-state index contributed by atoms with van der Waals surface area (Å²) in [5.74, 6) is 1.10. The first-order valence-corrected chi connectivity index (χ1v) is 9.23. The van der Waals surface area contributed by atoms with Crippen molar-refractivity contribution in [1.82, 2.24) is 9.55 Å². The third-order valence-corrected chi connectivity index (χ3v) is 5.82. The predicted octanol–water partition coefficient (Wildman–Crippen LogP) is 3.44. The minimum atomic E-state index is -0.211. The van der Waals surface area contributed by atoms with Gasteiger partial charge in [-0.2, -0.15) is 0 Å². The highest BCUT2D eigenvalue weighted by atomic mass is 35.5. The van der Waals surface area contributed by atoms with Gasteiger partial charge in [0.25, 0.3) is 5.56 Å². The maximum atomic E-state index is 12.8. The SMILES string of the molecule is Cn1c(Oc2cccc(Cl)c2Cl)cnc(N2CCC(C)(CN)CC2)c1=O. The van der Waals surface area contributed by atoms with Crippen molar-refractivity contribution in [3.63, 3.8) is 0 Å². The van der Waals surface area contributed by atoms with Gasteiger partial charge in [0.15, 0.2) is 5.82 Å². The van der Waals surface area contributed by atoms with E-state index in [1.807, 2.05) is 4.90 Å². The number of rotatable bonds is 4. The van der Waals surface area contributed by atoms with Crippen LogP contribution in [0.25, 0.3) is 0 Å². The summed E-state index contributed by atoms with van der Waals surface area (Å²) < 4.78 is 7.17. The Balaban J connectivity index is 1.83. The number of hydrogen-bond acceptors (Lipinski definition) is 5. The predicted molar refractivity (Wildman–Crippen MR) is 105 cm³/mol. The van der Waals surface area contributed by atoms with Crippen LogP contribution < -0.4 is 20.9 Å². The third kappa shape index (κ3) is 3.68. The number of ether oxygens (including phenoxy) is 1. The third-order valence-electron chi connectivity index (χ3n) is 5.02. The molecule has 1 aliphatic rings. The molecular weight excluding hydrogens is 375 g/mol. The number of nitrogens with two attached hydrogens (primary N) is 1. The summed E-state index contributed by atoms with van der Waals surface area (Å²) in [6.07, 6.45) is 3.40. The van der Waals surface area contributed by atoms with Gasteiger partial charge in [-0.15, -0.1) is 0 Å². The van der Waals surface area contributed by atoms with Gasteiger partial charge >= 0.3 is 0 Å². The number of hydrogen-bond donors (Lipinski definition) is 1. The van der Waals surface area contributed by atoms with Crippen LogP contribution in [0, 0.1) is 5.41 Å². The second-order valence-electron chi connectivity index (χ2n) is 6.94. The van der Waals surface area contributed by atoms with Gasteiger partial charge in [-0.25, -0.2) is 4.98 Å². The van der Waals surface area contributed by atoms with Crippen LogP contribution in [0.3, 0.4) is 0 Å². The molecule has 0 amide bonds. The molecule has 0 saturated carbocycles. The summed E-state index contributed by atoms with van der Waals surface area (Å²) >= 11 is 12.1. The molecule has 3 rings (SSSR count). The van der Waals surface area contributed by atoms with E-state index in [1.165, 1.54) is 10.8 Å². The minimum absolute atomic E-state index is 0.133. The number of aromatic nitrogens is 2. The Morgan fingerprint density at radius 2 is 2.00 bits per heavy atom. The van der Waals surface area contributed by atoms with Crippen molar-refractivity contribution >= 4 is 29.0 Å². The van der Waals surface area contributed by atoms with Crippen molar-refractivity contribution in [1.29, 1.82) is 0 Å². The lowest BCUT2D eigenvalue weighted by Gasteiger charge is -2.38. The molecule has 0 bridgehead atoms. The van der Waals surface area contributed by atoms with Crippen LogP contribution in [0.1, 0.15) is 19.8 Å². The molecule has 1 saturated heterocycles. The highest BCUT2D eigenvalue weighted by molar-refractivity contribution is 6.42. The standard InChI is InChI=1S/C18H22Cl2N4O2/c1-18(11-21)6-8-24(9-7-18)16-17(25)23(2)14(10-22-16)26-13-5-3-4-12(19)15(13)20/h3-5,10H,6-9,11,21H2,1-2H3. The van der Waals surface area contributed by atoms with Gasteiger partial charge in [0.05, 0.1) is 11.2 Å². The van der Waals surface area contributed by atoms with E-state index in [-0.39, 0.29) is 11.0 Å². The average molecular weight is 397 g/mol. The summed E-state index contributed by atoms with van der Waals surface area (Å²) in [5.41, 5.74) is 5.78. The van der Waals surface area contributed by atoms with Crippen LogP contribution in [0.15, 0.2) is 29.2 Å². The zero-order chi connectivity index (χ0) is 18.9. The fourth-order valence-corrected chi connectivity index (χ4v) is 3.29. The van der Waals surface area contributed by atoms with E-state index in [9.17, 15) is 4.79 Å². The molecule has 1 aromatic heterocycles. The van der Waals surface area contributed by atoms with E-state index in [1.54, 1.807) is 25.2 Å². The van der Waals surface area contributed by atoms with Gasteiger partial charge in [0, 0.05) is 20.1 Å². The Labute approximate surface area is 162 Å². The molecule has 8 heteroatoms. The Morgan fingerprint density at radius 1 is 1.31 bits per heavy atom. The van der Waals surface area contributed by atoms with Crippen molar-refractivity contribution < 1.29 is 4.74 Å². The maximum Gasteiger partial charge on any atom is 0.296 e. The van der Waals surface area contributed by atoms with E-state index in [2.05, 4.69) is 11.9 Å². The van der Waals surface area contributed by atoms with Crippen molar-refractivity contribution in [2.75, 3.05) is 24.5 Å². The molecule has 0 aliphatic carbocycles. The number of halogens is 2. The van der Waals surface area contributed by atoms with Gasteiger partial charge in [-0.1, -0.05) is 36.2 Å². The smallest absolute Gasteiger partial charge is 0.296 e. The molecule has 6 nitrogen and oxygen atoms in total. The van der Waals surface area contributed by atoms with Crippen LogP contribution in [0.2, 0.25) is 10.0 Å². The van der Waals surface area contributed by atoms with Crippen LogP contribution in [-0.4, -0.2) is 29.2 Å². The van der Waals surface area contributed by atoms with Gasteiger partial charge in [0.2, 0.25) is 5.88 Å². The van der Waals surface area contributed by atoms with Crippen LogP contribution in [-0.2, 0) is 7.05 Å². The minimum Gasteiger partial charge on any atom is -0.437 e.